The van der Waals surface area contributed by atoms with E-state index in [9.17, 15) is 15.2 Å². The molecule has 3 rings (SSSR count). The lowest BCUT2D eigenvalue weighted by molar-refractivity contribution is -0.383. The van der Waals surface area contributed by atoms with Crippen molar-refractivity contribution in [3.63, 3.8) is 0 Å². The number of nitro groups is 1. The van der Waals surface area contributed by atoms with Gasteiger partial charge in [-0.2, -0.15) is 0 Å². The van der Waals surface area contributed by atoms with Gasteiger partial charge in [0.05, 0.1) is 16.4 Å². The quantitative estimate of drug-likeness (QED) is 0.666. The minimum Gasteiger partial charge on any atom is -0.393 e. The van der Waals surface area contributed by atoms with Gasteiger partial charge in [0.2, 0.25) is 0 Å². The van der Waals surface area contributed by atoms with Crippen LogP contribution < -0.4 is 5.32 Å². The largest absolute Gasteiger partial charge is 0.393 e. The number of non-ortho nitro benzene ring substituents is 1. The van der Waals surface area contributed by atoms with Crippen molar-refractivity contribution in [1.29, 1.82) is 0 Å². The first kappa shape index (κ1) is 13.8. The zero-order valence-electron chi connectivity index (χ0n) is 11.7. The van der Waals surface area contributed by atoms with E-state index in [0.29, 0.717) is 11.3 Å². The van der Waals surface area contributed by atoms with Crippen LogP contribution in [0.25, 0.3) is 10.8 Å². The topological polar surface area (TPSA) is 88.3 Å². The molecule has 0 atom stereocenters. The maximum absolute atomic E-state index is 11.1. The molecule has 2 N–H and O–H groups in total. The Morgan fingerprint density at radius 3 is 2.86 bits per heavy atom. The van der Waals surface area contributed by atoms with Crippen LogP contribution in [0.5, 0.6) is 0 Å². The van der Waals surface area contributed by atoms with E-state index < -0.39 is 0 Å². The van der Waals surface area contributed by atoms with Gasteiger partial charge in [0, 0.05) is 35.6 Å². The number of aryl methyl sites for hydroxylation is 1. The zero-order chi connectivity index (χ0) is 15.0. The van der Waals surface area contributed by atoms with E-state index in [-0.39, 0.29) is 16.7 Å². The number of aromatic nitrogens is 1. The van der Waals surface area contributed by atoms with Crippen LogP contribution in [0.15, 0.2) is 24.4 Å². The number of nitrogens with one attached hydrogen (secondary N) is 1. The van der Waals surface area contributed by atoms with Crippen molar-refractivity contribution in [2.24, 2.45) is 5.92 Å². The molecule has 1 heterocycles. The number of rotatable bonds is 4. The Bertz CT molecular complexity index is 696. The van der Waals surface area contributed by atoms with Crippen molar-refractivity contribution in [2.75, 3.05) is 11.9 Å². The second-order valence-corrected chi connectivity index (χ2v) is 5.63. The fourth-order valence-electron chi connectivity index (χ4n) is 2.76. The van der Waals surface area contributed by atoms with Gasteiger partial charge < -0.3 is 10.4 Å². The molecule has 1 aromatic carbocycles. The molecule has 1 fully saturated rings. The fraction of sp³-hybridized carbons (Fsp3) is 0.400. The summed E-state index contributed by atoms with van der Waals surface area (Å²) in [5, 5.41) is 25.1. The molecule has 1 aromatic heterocycles. The number of fused-ring (bicyclic) bond motifs is 1. The third-order valence-corrected chi connectivity index (χ3v) is 4.00. The van der Waals surface area contributed by atoms with Gasteiger partial charge in [0.15, 0.2) is 0 Å². The van der Waals surface area contributed by atoms with Crippen LogP contribution in [0.2, 0.25) is 0 Å². The molecule has 0 bridgehead atoms. The molecule has 2 aromatic rings. The molecular formula is C15H17N3O3. The molecule has 6 nitrogen and oxygen atoms in total. The molecule has 0 aliphatic heterocycles. The van der Waals surface area contributed by atoms with E-state index in [1.165, 1.54) is 6.07 Å². The lowest BCUT2D eigenvalue weighted by atomic mass is 9.82. The Hall–Kier alpha value is -2.21. The van der Waals surface area contributed by atoms with Crippen LogP contribution in [-0.2, 0) is 0 Å². The normalized spacial score (nSPS) is 21.0. The minimum atomic E-state index is -0.384. The Balaban J connectivity index is 1.93. The van der Waals surface area contributed by atoms with Crippen LogP contribution >= 0.6 is 0 Å². The Morgan fingerprint density at radius 2 is 2.19 bits per heavy atom. The minimum absolute atomic E-state index is 0.0714. The molecular weight excluding hydrogens is 270 g/mol. The first-order chi connectivity index (χ1) is 10.0. The molecule has 1 aliphatic carbocycles. The summed E-state index contributed by atoms with van der Waals surface area (Å²) in [6.07, 6.45) is 3.02. The summed E-state index contributed by atoms with van der Waals surface area (Å²) >= 11 is 0. The number of hydrogen-bond donors (Lipinski definition) is 2. The Labute approximate surface area is 122 Å². The number of pyridine rings is 1. The number of aliphatic hydroxyl groups excluding tert-OH is 1. The summed E-state index contributed by atoms with van der Waals surface area (Å²) in [7, 11) is 0. The third kappa shape index (κ3) is 2.67. The standard InChI is InChI=1S/C15H17N3O3/c1-9-4-12-13(8-16-9)15(18(20)21)3-2-14(12)17-7-10-5-11(19)6-10/h2-4,8,10-11,17,19H,5-7H2,1H3. The molecule has 6 heteroatoms. The van der Waals surface area contributed by atoms with Gasteiger partial charge in [-0.15, -0.1) is 0 Å². The average Bonchev–Trinajstić information content (AvgIpc) is 2.41. The highest BCUT2D eigenvalue weighted by molar-refractivity contribution is 5.99. The average molecular weight is 287 g/mol. The van der Waals surface area contributed by atoms with Crippen molar-refractivity contribution in [3.8, 4) is 0 Å². The molecule has 21 heavy (non-hydrogen) atoms. The molecule has 1 aliphatic rings. The van der Waals surface area contributed by atoms with Gasteiger partial charge in [-0.1, -0.05) is 0 Å². The monoisotopic (exact) mass is 287 g/mol. The highest BCUT2D eigenvalue weighted by Crippen LogP contribution is 2.33. The van der Waals surface area contributed by atoms with Crippen molar-refractivity contribution >= 4 is 22.1 Å². The molecule has 0 unspecified atom stereocenters. The first-order valence-corrected chi connectivity index (χ1v) is 7.00. The zero-order valence-corrected chi connectivity index (χ0v) is 11.7. The summed E-state index contributed by atoms with van der Waals surface area (Å²) in [4.78, 5) is 14.9. The number of anilines is 1. The van der Waals surface area contributed by atoms with Gasteiger partial charge >= 0.3 is 0 Å². The number of hydrogen-bond acceptors (Lipinski definition) is 5. The van der Waals surface area contributed by atoms with E-state index in [1.54, 1.807) is 12.3 Å². The lowest BCUT2D eigenvalue weighted by Crippen LogP contribution is -2.33. The summed E-state index contributed by atoms with van der Waals surface area (Å²) in [6, 6.07) is 5.12. The van der Waals surface area contributed by atoms with Crippen molar-refractivity contribution in [3.05, 3.63) is 40.2 Å². The maximum atomic E-state index is 11.1. The maximum Gasteiger partial charge on any atom is 0.278 e. The summed E-state index contributed by atoms with van der Waals surface area (Å²) in [5.74, 6) is 0.466. The number of aliphatic hydroxyl groups is 1. The SMILES string of the molecule is Cc1cc2c(NCC3CC(O)C3)ccc([N+](=O)[O-])c2cn1. The third-order valence-electron chi connectivity index (χ3n) is 4.00. The van der Waals surface area contributed by atoms with Crippen LogP contribution in [0.1, 0.15) is 18.5 Å². The van der Waals surface area contributed by atoms with E-state index >= 15 is 0 Å². The molecule has 0 amide bonds. The van der Waals surface area contributed by atoms with E-state index in [0.717, 1.165) is 36.2 Å². The van der Waals surface area contributed by atoms with E-state index in [2.05, 4.69) is 10.3 Å². The number of benzene rings is 1. The predicted molar refractivity (Wildman–Crippen MR) is 80.4 cm³/mol. The molecule has 0 spiro atoms. The Morgan fingerprint density at radius 1 is 1.43 bits per heavy atom. The van der Waals surface area contributed by atoms with Gasteiger partial charge in [-0.25, -0.2) is 0 Å². The predicted octanol–water partition coefficient (Wildman–Crippen LogP) is 2.63. The van der Waals surface area contributed by atoms with Crippen molar-refractivity contribution in [1.82, 2.24) is 4.98 Å². The second-order valence-electron chi connectivity index (χ2n) is 5.63. The summed E-state index contributed by atoms with van der Waals surface area (Å²) in [6.45, 7) is 2.63. The second kappa shape index (κ2) is 5.29. The molecule has 1 saturated carbocycles. The molecule has 0 saturated heterocycles. The Kier molecular flexibility index (Phi) is 3.47. The van der Waals surface area contributed by atoms with E-state index in [1.807, 2.05) is 13.0 Å². The smallest absolute Gasteiger partial charge is 0.278 e. The van der Waals surface area contributed by atoms with Gasteiger partial charge in [-0.05, 0) is 37.8 Å². The first-order valence-electron chi connectivity index (χ1n) is 7.00. The van der Waals surface area contributed by atoms with E-state index in [4.69, 9.17) is 0 Å². The van der Waals surface area contributed by atoms with Crippen LogP contribution in [0.4, 0.5) is 11.4 Å². The van der Waals surface area contributed by atoms with Crippen molar-refractivity contribution in [2.45, 2.75) is 25.9 Å². The number of nitrogens with zero attached hydrogens (tertiary/aromatic N) is 2. The molecule has 110 valence electrons. The van der Waals surface area contributed by atoms with Crippen LogP contribution in [-0.4, -0.2) is 27.7 Å². The highest BCUT2D eigenvalue weighted by atomic mass is 16.6. The number of nitro benzene ring substituents is 1. The van der Waals surface area contributed by atoms with Crippen LogP contribution in [0.3, 0.4) is 0 Å². The van der Waals surface area contributed by atoms with Gasteiger partial charge in [0.25, 0.3) is 5.69 Å². The fourth-order valence-corrected chi connectivity index (χ4v) is 2.76. The highest BCUT2D eigenvalue weighted by Gasteiger charge is 2.27. The van der Waals surface area contributed by atoms with Crippen molar-refractivity contribution < 1.29 is 10.0 Å². The van der Waals surface area contributed by atoms with Gasteiger partial charge in [0.1, 0.15) is 0 Å². The van der Waals surface area contributed by atoms with Crippen LogP contribution in [0, 0.1) is 23.0 Å². The lowest BCUT2D eigenvalue weighted by Gasteiger charge is -2.31. The molecule has 0 radical (unpaired) electrons. The van der Waals surface area contributed by atoms with Gasteiger partial charge in [-0.3, -0.25) is 15.1 Å². The summed E-state index contributed by atoms with van der Waals surface area (Å²) in [5.41, 5.74) is 1.77. The summed E-state index contributed by atoms with van der Waals surface area (Å²) < 4.78 is 0.